The Morgan fingerprint density at radius 1 is 1.50 bits per heavy atom. The van der Waals surface area contributed by atoms with Crippen molar-refractivity contribution in [1.82, 2.24) is 9.78 Å². The molecule has 7 heteroatoms. The van der Waals surface area contributed by atoms with Crippen LogP contribution in [0, 0.1) is 6.92 Å². The summed E-state index contributed by atoms with van der Waals surface area (Å²) in [7, 11) is 0. The van der Waals surface area contributed by atoms with E-state index < -0.39 is 0 Å². The number of anilines is 1. The number of hydrogen-bond donors (Lipinski definition) is 1. The number of nitrogens with one attached hydrogen (secondary N) is 1. The molecule has 1 aromatic carbocycles. The van der Waals surface area contributed by atoms with Crippen molar-refractivity contribution in [3.05, 3.63) is 46.1 Å². The maximum atomic E-state index is 12.2. The Morgan fingerprint density at radius 2 is 2.29 bits per heavy atom. The first-order chi connectivity index (χ1) is 11.5. The van der Waals surface area contributed by atoms with E-state index in [0.717, 1.165) is 16.8 Å². The third-order valence-electron chi connectivity index (χ3n) is 4.00. The van der Waals surface area contributed by atoms with Gasteiger partial charge < -0.3 is 10.1 Å². The minimum atomic E-state index is -0.387. The minimum absolute atomic E-state index is 0.0352. The second kappa shape index (κ2) is 6.65. The van der Waals surface area contributed by atoms with Crippen molar-refractivity contribution in [1.29, 1.82) is 0 Å². The van der Waals surface area contributed by atoms with Crippen LogP contribution in [0.3, 0.4) is 0 Å². The molecule has 2 heterocycles. The number of esters is 1. The molecule has 0 bridgehead atoms. The molecule has 1 amide bonds. The van der Waals surface area contributed by atoms with Crippen LogP contribution in [0.25, 0.3) is 0 Å². The average Bonchev–Trinajstić information content (AvgIpc) is 2.82. The van der Waals surface area contributed by atoms with Gasteiger partial charge in [-0.05, 0) is 31.5 Å². The highest BCUT2D eigenvalue weighted by molar-refractivity contribution is 6.30. The van der Waals surface area contributed by atoms with E-state index in [1.54, 1.807) is 13.0 Å². The van der Waals surface area contributed by atoms with Crippen LogP contribution in [-0.4, -0.2) is 28.3 Å². The molecule has 1 atom stereocenters. The van der Waals surface area contributed by atoms with E-state index in [9.17, 15) is 9.59 Å². The number of rotatable bonds is 4. The first kappa shape index (κ1) is 16.5. The number of fused-ring (bicyclic) bond motifs is 1. The molecular weight excluding hydrogens is 330 g/mol. The number of amides is 1. The largest absolute Gasteiger partial charge is 0.465 e. The van der Waals surface area contributed by atoms with E-state index >= 15 is 0 Å². The van der Waals surface area contributed by atoms with E-state index in [4.69, 9.17) is 16.3 Å². The quantitative estimate of drug-likeness (QED) is 0.863. The van der Waals surface area contributed by atoms with Crippen molar-refractivity contribution in [2.24, 2.45) is 0 Å². The number of carbonyl (C=O) groups is 2. The van der Waals surface area contributed by atoms with Crippen LogP contribution in [0.5, 0.6) is 0 Å². The van der Waals surface area contributed by atoms with E-state index in [1.807, 2.05) is 25.1 Å². The fraction of sp³-hybridized carbons (Fsp3) is 0.353. The SMILES string of the molecule is CCOC(=O)Cn1nc(C)c2c1NC(=O)C[C@H]2c1cccc(Cl)c1. The Balaban J connectivity index is 2.02. The van der Waals surface area contributed by atoms with Gasteiger partial charge in [-0.15, -0.1) is 0 Å². The Kier molecular flexibility index (Phi) is 4.57. The van der Waals surface area contributed by atoms with Crippen molar-refractivity contribution in [3.63, 3.8) is 0 Å². The predicted molar refractivity (Wildman–Crippen MR) is 90.1 cm³/mol. The Hall–Kier alpha value is -2.34. The minimum Gasteiger partial charge on any atom is -0.465 e. The molecule has 0 radical (unpaired) electrons. The van der Waals surface area contributed by atoms with Gasteiger partial charge in [0.05, 0.1) is 12.3 Å². The van der Waals surface area contributed by atoms with E-state index in [1.165, 1.54) is 4.68 Å². The molecule has 24 heavy (non-hydrogen) atoms. The van der Waals surface area contributed by atoms with Crippen LogP contribution >= 0.6 is 11.6 Å². The topological polar surface area (TPSA) is 73.2 Å². The summed E-state index contributed by atoms with van der Waals surface area (Å²) in [6.45, 7) is 3.89. The zero-order valence-corrected chi connectivity index (χ0v) is 14.3. The average molecular weight is 348 g/mol. The Bertz CT molecular complexity index is 800. The molecule has 1 aromatic heterocycles. The highest BCUT2D eigenvalue weighted by Crippen LogP contribution is 2.39. The van der Waals surface area contributed by atoms with Gasteiger partial charge in [-0.2, -0.15) is 5.10 Å². The van der Waals surface area contributed by atoms with Gasteiger partial charge in [0.25, 0.3) is 0 Å². The lowest BCUT2D eigenvalue weighted by Crippen LogP contribution is -2.26. The normalized spacial score (nSPS) is 16.5. The van der Waals surface area contributed by atoms with Crippen LogP contribution in [0.2, 0.25) is 5.02 Å². The third-order valence-corrected chi connectivity index (χ3v) is 4.24. The second-order valence-electron chi connectivity index (χ2n) is 5.67. The van der Waals surface area contributed by atoms with Gasteiger partial charge in [0.15, 0.2) is 0 Å². The molecule has 126 valence electrons. The molecule has 0 spiro atoms. The fourth-order valence-corrected chi connectivity index (χ4v) is 3.26. The molecule has 1 aliphatic heterocycles. The van der Waals surface area contributed by atoms with Gasteiger partial charge in [-0.1, -0.05) is 23.7 Å². The Labute approximate surface area is 144 Å². The highest BCUT2D eigenvalue weighted by atomic mass is 35.5. The van der Waals surface area contributed by atoms with Gasteiger partial charge in [0.2, 0.25) is 5.91 Å². The smallest absolute Gasteiger partial charge is 0.327 e. The number of carbonyl (C=O) groups excluding carboxylic acids is 2. The van der Waals surface area contributed by atoms with Crippen LogP contribution in [0.15, 0.2) is 24.3 Å². The maximum Gasteiger partial charge on any atom is 0.327 e. The summed E-state index contributed by atoms with van der Waals surface area (Å²) in [6.07, 6.45) is 0.319. The molecule has 1 N–H and O–H groups in total. The third kappa shape index (κ3) is 3.14. The number of hydrogen-bond acceptors (Lipinski definition) is 4. The van der Waals surface area contributed by atoms with E-state index in [0.29, 0.717) is 23.9 Å². The van der Waals surface area contributed by atoms with Crippen molar-refractivity contribution < 1.29 is 14.3 Å². The number of halogens is 1. The van der Waals surface area contributed by atoms with Crippen LogP contribution < -0.4 is 5.32 Å². The number of benzene rings is 1. The van der Waals surface area contributed by atoms with Gasteiger partial charge in [-0.25, -0.2) is 4.68 Å². The number of aryl methyl sites for hydroxylation is 1. The number of nitrogens with zero attached hydrogens (tertiary/aromatic N) is 2. The molecule has 0 unspecified atom stereocenters. The van der Waals surface area contributed by atoms with Crippen molar-refractivity contribution in [2.75, 3.05) is 11.9 Å². The lowest BCUT2D eigenvalue weighted by molar-refractivity contribution is -0.144. The molecule has 0 saturated heterocycles. The summed E-state index contributed by atoms with van der Waals surface area (Å²) in [5, 5.41) is 7.87. The van der Waals surface area contributed by atoms with Crippen molar-refractivity contribution in [3.8, 4) is 0 Å². The zero-order chi connectivity index (χ0) is 17.3. The monoisotopic (exact) mass is 347 g/mol. The standard InChI is InChI=1S/C17H18ClN3O3/c1-3-24-15(23)9-21-17-16(10(2)20-21)13(8-14(22)19-17)11-5-4-6-12(18)7-11/h4-7,13H,3,8-9H2,1-2H3,(H,19,22)/t13-/m0/s1. The first-order valence-corrected chi connectivity index (χ1v) is 8.15. The number of aromatic nitrogens is 2. The first-order valence-electron chi connectivity index (χ1n) is 7.77. The van der Waals surface area contributed by atoms with Crippen LogP contribution in [-0.2, 0) is 20.9 Å². The summed E-state index contributed by atoms with van der Waals surface area (Å²) in [5.41, 5.74) is 2.65. The van der Waals surface area contributed by atoms with Gasteiger partial charge in [0.1, 0.15) is 12.4 Å². The van der Waals surface area contributed by atoms with Crippen LogP contribution in [0.1, 0.15) is 36.1 Å². The van der Waals surface area contributed by atoms with Crippen molar-refractivity contribution >= 4 is 29.3 Å². The molecular formula is C17H18ClN3O3. The van der Waals surface area contributed by atoms with E-state index in [2.05, 4.69) is 10.4 Å². The molecule has 0 saturated carbocycles. The lowest BCUT2D eigenvalue weighted by atomic mass is 9.86. The van der Waals surface area contributed by atoms with Gasteiger partial charge >= 0.3 is 5.97 Å². The van der Waals surface area contributed by atoms with Crippen LogP contribution in [0.4, 0.5) is 5.82 Å². The summed E-state index contributed by atoms with van der Waals surface area (Å²) < 4.78 is 6.47. The summed E-state index contributed by atoms with van der Waals surface area (Å²) in [6, 6.07) is 7.46. The molecule has 0 fully saturated rings. The molecule has 1 aliphatic rings. The molecule has 6 nitrogen and oxygen atoms in total. The highest BCUT2D eigenvalue weighted by Gasteiger charge is 2.32. The number of ether oxygens (including phenoxy) is 1. The van der Waals surface area contributed by atoms with E-state index in [-0.39, 0.29) is 24.3 Å². The lowest BCUT2D eigenvalue weighted by Gasteiger charge is -2.24. The zero-order valence-electron chi connectivity index (χ0n) is 13.5. The van der Waals surface area contributed by atoms with Gasteiger partial charge in [0, 0.05) is 22.9 Å². The molecule has 2 aromatic rings. The predicted octanol–water partition coefficient (Wildman–Crippen LogP) is 2.88. The molecule has 0 aliphatic carbocycles. The Morgan fingerprint density at radius 3 is 3.00 bits per heavy atom. The second-order valence-corrected chi connectivity index (χ2v) is 6.11. The van der Waals surface area contributed by atoms with Crippen molar-refractivity contribution in [2.45, 2.75) is 32.7 Å². The van der Waals surface area contributed by atoms with Gasteiger partial charge in [-0.3, -0.25) is 9.59 Å². The maximum absolute atomic E-state index is 12.2. The molecule has 3 rings (SSSR count). The summed E-state index contributed by atoms with van der Waals surface area (Å²) in [5.74, 6) is -0.0791. The fourth-order valence-electron chi connectivity index (χ4n) is 3.07. The summed E-state index contributed by atoms with van der Waals surface area (Å²) in [4.78, 5) is 23.9. The summed E-state index contributed by atoms with van der Waals surface area (Å²) >= 11 is 6.09.